The SMILES string of the molecule is CC(C[NH+]1C(C)CCCC1C)OC(=O)c1ccc(Cl)cc1. The van der Waals surface area contributed by atoms with Crippen molar-refractivity contribution in [3.05, 3.63) is 34.9 Å². The molecule has 0 saturated carbocycles. The van der Waals surface area contributed by atoms with Gasteiger partial charge in [-0.3, -0.25) is 0 Å². The molecule has 0 aromatic heterocycles. The van der Waals surface area contributed by atoms with Crippen LogP contribution in [0.25, 0.3) is 0 Å². The molecule has 1 saturated heterocycles. The number of esters is 1. The number of piperidine rings is 1. The summed E-state index contributed by atoms with van der Waals surface area (Å²) < 4.78 is 5.57. The quantitative estimate of drug-likeness (QED) is 0.867. The predicted octanol–water partition coefficient (Wildman–Crippen LogP) is 2.73. The summed E-state index contributed by atoms with van der Waals surface area (Å²) in [6, 6.07) is 8.12. The van der Waals surface area contributed by atoms with E-state index in [-0.39, 0.29) is 12.1 Å². The maximum atomic E-state index is 12.1. The zero-order valence-electron chi connectivity index (χ0n) is 13.1. The molecular formula is C17H25ClNO2+. The van der Waals surface area contributed by atoms with Crippen molar-refractivity contribution in [1.29, 1.82) is 0 Å². The Bertz CT molecular complexity index is 464. The van der Waals surface area contributed by atoms with Gasteiger partial charge in [0.1, 0.15) is 12.6 Å². The van der Waals surface area contributed by atoms with E-state index < -0.39 is 0 Å². The number of halogens is 1. The summed E-state index contributed by atoms with van der Waals surface area (Å²) in [5.74, 6) is -0.268. The molecule has 3 unspecified atom stereocenters. The largest absolute Gasteiger partial charge is 0.453 e. The monoisotopic (exact) mass is 310 g/mol. The maximum Gasteiger partial charge on any atom is 0.338 e. The molecule has 0 amide bonds. The van der Waals surface area contributed by atoms with Crippen molar-refractivity contribution < 1.29 is 14.4 Å². The number of benzene rings is 1. The summed E-state index contributed by atoms with van der Waals surface area (Å²) in [5.41, 5.74) is 0.556. The van der Waals surface area contributed by atoms with Crippen molar-refractivity contribution in [3.63, 3.8) is 0 Å². The van der Waals surface area contributed by atoms with Gasteiger partial charge < -0.3 is 9.64 Å². The summed E-state index contributed by atoms with van der Waals surface area (Å²) in [5, 5.41) is 0.625. The minimum Gasteiger partial charge on any atom is -0.453 e. The highest BCUT2D eigenvalue weighted by Crippen LogP contribution is 2.11. The van der Waals surface area contributed by atoms with E-state index in [0.717, 1.165) is 6.54 Å². The van der Waals surface area contributed by atoms with Gasteiger partial charge >= 0.3 is 5.97 Å². The second-order valence-electron chi connectivity index (χ2n) is 6.23. The second-order valence-corrected chi connectivity index (χ2v) is 6.67. The summed E-state index contributed by atoms with van der Waals surface area (Å²) >= 11 is 5.83. The Balaban J connectivity index is 1.90. The molecule has 0 bridgehead atoms. The van der Waals surface area contributed by atoms with E-state index in [0.29, 0.717) is 22.7 Å². The van der Waals surface area contributed by atoms with Crippen LogP contribution >= 0.6 is 11.6 Å². The molecule has 1 aromatic carbocycles. The molecule has 1 aromatic rings. The molecule has 0 aliphatic carbocycles. The molecule has 116 valence electrons. The van der Waals surface area contributed by atoms with Crippen LogP contribution in [0.1, 0.15) is 50.4 Å². The fourth-order valence-corrected chi connectivity index (χ4v) is 3.33. The smallest absolute Gasteiger partial charge is 0.338 e. The number of nitrogens with one attached hydrogen (secondary N) is 1. The standard InChI is InChI=1S/C17H24ClNO2/c1-12-5-4-6-13(2)19(12)11-14(3)21-17(20)15-7-9-16(18)10-8-15/h7-10,12-14H,4-6,11H2,1-3H3/p+1. The first-order chi connectivity index (χ1) is 9.97. The van der Waals surface area contributed by atoms with Crippen molar-refractivity contribution in [2.45, 2.75) is 58.2 Å². The van der Waals surface area contributed by atoms with Gasteiger partial charge in [0, 0.05) is 5.02 Å². The van der Waals surface area contributed by atoms with Crippen molar-refractivity contribution in [2.75, 3.05) is 6.54 Å². The molecule has 3 nitrogen and oxygen atoms in total. The molecule has 21 heavy (non-hydrogen) atoms. The average Bonchev–Trinajstić information content (AvgIpc) is 2.43. The Morgan fingerprint density at radius 3 is 2.43 bits per heavy atom. The van der Waals surface area contributed by atoms with Crippen molar-refractivity contribution in [3.8, 4) is 0 Å². The van der Waals surface area contributed by atoms with Gasteiger partial charge in [0.15, 0.2) is 0 Å². The highest BCUT2D eigenvalue weighted by atomic mass is 35.5. The van der Waals surface area contributed by atoms with Gasteiger partial charge in [-0.15, -0.1) is 0 Å². The Morgan fingerprint density at radius 1 is 1.29 bits per heavy atom. The molecule has 1 heterocycles. The van der Waals surface area contributed by atoms with Crippen molar-refractivity contribution in [2.24, 2.45) is 0 Å². The van der Waals surface area contributed by atoms with E-state index in [9.17, 15) is 4.79 Å². The topological polar surface area (TPSA) is 30.7 Å². The Hall–Kier alpha value is -1.06. The highest BCUT2D eigenvalue weighted by Gasteiger charge is 2.30. The maximum absolute atomic E-state index is 12.1. The third kappa shape index (κ3) is 4.45. The lowest BCUT2D eigenvalue weighted by Gasteiger charge is -2.37. The van der Waals surface area contributed by atoms with Gasteiger partial charge in [-0.1, -0.05) is 11.6 Å². The number of hydrogen-bond acceptors (Lipinski definition) is 2. The molecule has 3 atom stereocenters. The first-order valence-electron chi connectivity index (χ1n) is 7.79. The Kier molecular flexibility index (Phi) is 5.65. The Labute approximate surface area is 132 Å². The van der Waals surface area contributed by atoms with E-state index in [1.165, 1.54) is 19.3 Å². The minimum atomic E-state index is -0.268. The fourth-order valence-electron chi connectivity index (χ4n) is 3.20. The number of carbonyl (C=O) groups excluding carboxylic acids is 1. The predicted molar refractivity (Wildman–Crippen MR) is 84.9 cm³/mol. The third-order valence-electron chi connectivity index (χ3n) is 4.45. The molecule has 1 aliphatic rings. The van der Waals surface area contributed by atoms with Gasteiger partial charge in [-0.25, -0.2) is 4.79 Å². The van der Waals surface area contributed by atoms with Crippen LogP contribution in [0.3, 0.4) is 0 Å². The van der Waals surface area contributed by atoms with Gasteiger partial charge in [-0.2, -0.15) is 0 Å². The normalized spacial score (nSPS) is 27.1. The van der Waals surface area contributed by atoms with Crippen LogP contribution in [0.2, 0.25) is 5.02 Å². The molecule has 1 fully saturated rings. The molecular weight excluding hydrogens is 286 g/mol. The van der Waals surface area contributed by atoms with E-state index in [1.807, 2.05) is 6.92 Å². The molecule has 4 heteroatoms. The number of carbonyl (C=O) groups is 1. The second kappa shape index (κ2) is 7.28. The number of hydrogen-bond donors (Lipinski definition) is 1. The van der Waals surface area contributed by atoms with Crippen LogP contribution in [0.15, 0.2) is 24.3 Å². The van der Waals surface area contributed by atoms with Crippen LogP contribution in [0.5, 0.6) is 0 Å². The first-order valence-corrected chi connectivity index (χ1v) is 8.17. The summed E-state index contributed by atoms with van der Waals surface area (Å²) in [6.07, 6.45) is 3.76. The van der Waals surface area contributed by atoms with Crippen LogP contribution in [-0.2, 0) is 4.74 Å². The van der Waals surface area contributed by atoms with Crippen molar-refractivity contribution in [1.82, 2.24) is 0 Å². The van der Waals surface area contributed by atoms with Crippen LogP contribution in [0.4, 0.5) is 0 Å². The fraction of sp³-hybridized carbons (Fsp3) is 0.588. The lowest BCUT2D eigenvalue weighted by Crippen LogP contribution is -3.20. The first kappa shape index (κ1) is 16.3. The molecule has 0 radical (unpaired) electrons. The number of ether oxygens (including phenoxy) is 1. The van der Waals surface area contributed by atoms with Gasteiger partial charge in [0.25, 0.3) is 0 Å². The van der Waals surface area contributed by atoms with E-state index in [2.05, 4.69) is 13.8 Å². The van der Waals surface area contributed by atoms with Crippen LogP contribution in [0, 0.1) is 0 Å². The average molecular weight is 311 g/mol. The zero-order valence-corrected chi connectivity index (χ0v) is 13.8. The highest BCUT2D eigenvalue weighted by molar-refractivity contribution is 6.30. The summed E-state index contributed by atoms with van der Waals surface area (Å²) in [4.78, 5) is 13.6. The molecule has 0 spiro atoms. The number of likely N-dealkylation sites (tertiary alicyclic amines) is 1. The van der Waals surface area contributed by atoms with E-state index >= 15 is 0 Å². The van der Waals surface area contributed by atoms with E-state index in [1.54, 1.807) is 29.2 Å². The third-order valence-corrected chi connectivity index (χ3v) is 4.70. The molecule has 1 aliphatic heterocycles. The zero-order chi connectivity index (χ0) is 15.4. The van der Waals surface area contributed by atoms with Gasteiger partial charge in [-0.05, 0) is 64.3 Å². The lowest BCUT2D eigenvalue weighted by molar-refractivity contribution is -0.953. The van der Waals surface area contributed by atoms with Crippen LogP contribution in [-0.4, -0.2) is 30.7 Å². The van der Waals surface area contributed by atoms with Crippen molar-refractivity contribution >= 4 is 17.6 Å². The molecule has 2 rings (SSSR count). The minimum absolute atomic E-state index is 0.0776. The van der Waals surface area contributed by atoms with Gasteiger partial charge in [0.2, 0.25) is 0 Å². The van der Waals surface area contributed by atoms with Gasteiger partial charge in [0.05, 0.1) is 17.6 Å². The van der Waals surface area contributed by atoms with E-state index in [4.69, 9.17) is 16.3 Å². The molecule has 1 N–H and O–H groups in total. The summed E-state index contributed by atoms with van der Waals surface area (Å²) in [7, 11) is 0. The van der Waals surface area contributed by atoms with Crippen LogP contribution < -0.4 is 4.90 Å². The number of rotatable bonds is 4. The number of quaternary nitrogens is 1. The summed E-state index contributed by atoms with van der Waals surface area (Å²) in [6.45, 7) is 7.44. The Morgan fingerprint density at radius 2 is 1.86 bits per heavy atom. The lowest BCUT2D eigenvalue weighted by atomic mass is 9.97.